The van der Waals surface area contributed by atoms with E-state index in [1.165, 1.54) is 18.4 Å². The SMILES string of the molecule is CC(C)Oc1ccc(C2(CN)CC2)cc1Cl. The number of halogens is 1. The Kier molecular flexibility index (Phi) is 3.13. The second-order valence-electron chi connectivity index (χ2n) is 4.80. The molecule has 0 aromatic heterocycles. The van der Waals surface area contributed by atoms with Crippen LogP contribution in [0.25, 0.3) is 0 Å². The van der Waals surface area contributed by atoms with E-state index in [0.29, 0.717) is 11.6 Å². The average Bonchev–Trinajstić information content (AvgIpc) is 3.01. The van der Waals surface area contributed by atoms with Gasteiger partial charge in [-0.05, 0) is 44.4 Å². The van der Waals surface area contributed by atoms with Crippen LogP contribution in [0, 0.1) is 0 Å². The van der Waals surface area contributed by atoms with Crippen LogP contribution < -0.4 is 10.5 Å². The third kappa shape index (κ3) is 2.18. The van der Waals surface area contributed by atoms with Crippen molar-refractivity contribution in [3.8, 4) is 5.75 Å². The van der Waals surface area contributed by atoms with Crippen LogP contribution in [0.3, 0.4) is 0 Å². The van der Waals surface area contributed by atoms with E-state index in [4.69, 9.17) is 22.1 Å². The van der Waals surface area contributed by atoms with Gasteiger partial charge in [0.1, 0.15) is 5.75 Å². The van der Waals surface area contributed by atoms with Gasteiger partial charge in [0.05, 0.1) is 11.1 Å². The summed E-state index contributed by atoms with van der Waals surface area (Å²) in [4.78, 5) is 0. The van der Waals surface area contributed by atoms with Crippen molar-refractivity contribution >= 4 is 11.6 Å². The zero-order valence-electron chi connectivity index (χ0n) is 9.79. The van der Waals surface area contributed by atoms with Crippen molar-refractivity contribution in [2.24, 2.45) is 5.73 Å². The van der Waals surface area contributed by atoms with Crippen LogP contribution in [-0.2, 0) is 5.41 Å². The first-order chi connectivity index (χ1) is 7.57. The minimum absolute atomic E-state index is 0.146. The Morgan fingerprint density at radius 3 is 2.56 bits per heavy atom. The lowest BCUT2D eigenvalue weighted by Gasteiger charge is -2.16. The van der Waals surface area contributed by atoms with Gasteiger partial charge >= 0.3 is 0 Å². The Labute approximate surface area is 102 Å². The van der Waals surface area contributed by atoms with E-state index in [1.54, 1.807) is 0 Å². The molecule has 1 aliphatic carbocycles. The zero-order chi connectivity index (χ0) is 11.8. The molecule has 88 valence electrons. The van der Waals surface area contributed by atoms with E-state index in [-0.39, 0.29) is 11.5 Å². The van der Waals surface area contributed by atoms with E-state index in [9.17, 15) is 0 Å². The maximum atomic E-state index is 6.20. The molecule has 0 amide bonds. The van der Waals surface area contributed by atoms with Crippen molar-refractivity contribution in [1.29, 1.82) is 0 Å². The van der Waals surface area contributed by atoms with E-state index >= 15 is 0 Å². The van der Waals surface area contributed by atoms with Gasteiger partial charge in [-0.3, -0.25) is 0 Å². The van der Waals surface area contributed by atoms with Crippen LogP contribution in [0.4, 0.5) is 0 Å². The number of hydrogen-bond acceptors (Lipinski definition) is 2. The lowest BCUT2D eigenvalue weighted by atomic mass is 9.96. The minimum Gasteiger partial charge on any atom is -0.489 e. The van der Waals surface area contributed by atoms with Gasteiger partial charge < -0.3 is 10.5 Å². The molecule has 3 heteroatoms. The first kappa shape index (κ1) is 11.7. The molecule has 1 fully saturated rings. The first-order valence-electron chi connectivity index (χ1n) is 5.74. The molecule has 0 bridgehead atoms. The molecule has 0 heterocycles. The van der Waals surface area contributed by atoms with Crippen LogP contribution in [0.5, 0.6) is 5.75 Å². The summed E-state index contributed by atoms with van der Waals surface area (Å²) in [6.07, 6.45) is 2.49. The monoisotopic (exact) mass is 239 g/mol. The van der Waals surface area contributed by atoms with Gasteiger partial charge in [-0.15, -0.1) is 0 Å². The van der Waals surface area contributed by atoms with Crippen LogP contribution >= 0.6 is 11.6 Å². The van der Waals surface area contributed by atoms with Crippen LogP contribution in [0.2, 0.25) is 5.02 Å². The molecule has 2 N–H and O–H groups in total. The van der Waals surface area contributed by atoms with E-state index in [2.05, 4.69) is 6.07 Å². The van der Waals surface area contributed by atoms with Crippen molar-refractivity contribution < 1.29 is 4.74 Å². The molecule has 1 aliphatic rings. The topological polar surface area (TPSA) is 35.2 Å². The third-order valence-electron chi connectivity index (χ3n) is 3.15. The number of benzene rings is 1. The highest BCUT2D eigenvalue weighted by Gasteiger charge is 2.42. The fourth-order valence-corrected chi connectivity index (χ4v) is 2.17. The second kappa shape index (κ2) is 4.27. The first-order valence-corrected chi connectivity index (χ1v) is 6.12. The van der Waals surface area contributed by atoms with Crippen molar-refractivity contribution in [3.05, 3.63) is 28.8 Å². The maximum absolute atomic E-state index is 6.20. The van der Waals surface area contributed by atoms with E-state index in [0.717, 1.165) is 5.75 Å². The van der Waals surface area contributed by atoms with Crippen molar-refractivity contribution in [3.63, 3.8) is 0 Å². The Morgan fingerprint density at radius 2 is 2.12 bits per heavy atom. The van der Waals surface area contributed by atoms with Gasteiger partial charge in [-0.25, -0.2) is 0 Å². The largest absolute Gasteiger partial charge is 0.489 e. The predicted molar refractivity (Wildman–Crippen MR) is 67.2 cm³/mol. The van der Waals surface area contributed by atoms with Gasteiger partial charge in [0.25, 0.3) is 0 Å². The van der Waals surface area contributed by atoms with Crippen LogP contribution in [-0.4, -0.2) is 12.6 Å². The summed E-state index contributed by atoms with van der Waals surface area (Å²) in [5, 5.41) is 0.686. The molecule has 0 atom stereocenters. The highest BCUT2D eigenvalue weighted by atomic mass is 35.5. The second-order valence-corrected chi connectivity index (χ2v) is 5.20. The summed E-state index contributed by atoms with van der Waals surface area (Å²) in [5.41, 5.74) is 7.24. The van der Waals surface area contributed by atoms with Gasteiger partial charge in [-0.1, -0.05) is 17.7 Å². The van der Waals surface area contributed by atoms with Gasteiger partial charge in [-0.2, -0.15) is 0 Å². The van der Waals surface area contributed by atoms with Crippen molar-refractivity contribution in [2.45, 2.75) is 38.2 Å². The Bertz CT molecular complexity index is 386. The molecule has 0 spiro atoms. The van der Waals surface area contributed by atoms with Gasteiger partial charge in [0.15, 0.2) is 0 Å². The molecule has 16 heavy (non-hydrogen) atoms. The van der Waals surface area contributed by atoms with Gasteiger partial charge in [0.2, 0.25) is 0 Å². The van der Waals surface area contributed by atoms with Crippen molar-refractivity contribution in [2.75, 3.05) is 6.54 Å². The molecule has 0 saturated heterocycles. The fraction of sp³-hybridized carbons (Fsp3) is 0.538. The lowest BCUT2D eigenvalue weighted by molar-refractivity contribution is 0.242. The molecule has 2 rings (SSSR count). The standard InChI is InChI=1S/C13H18ClNO/c1-9(2)16-12-4-3-10(7-11(12)14)13(8-15)5-6-13/h3-4,7,9H,5-6,8,15H2,1-2H3. The molecule has 0 radical (unpaired) electrons. The molecule has 2 nitrogen and oxygen atoms in total. The van der Waals surface area contributed by atoms with Crippen LogP contribution in [0.15, 0.2) is 18.2 Å². The average molecular weight is 240 g/mol. The Morgan fingerprint density at radius 1 is 1.44 bits per heavy atom. The minimum atomic E-state index is 0.146. The highest BCUT2D eigenvalue weighted by molar-refractivity contribution is 6.32. The lowest BCUT2D eigenvalue weighted by Crippen LogP contribution is -2.19. The molecular weight excluding hydrogens is 222 g/mol. The molecule has 1 aromatic carbocycles. The molecule has 1 aromatic rings. The zero-order valence-corrected chi connectivity index (χ0v) is 10.6. The number of hydrogen-bond donors (Lipinski definition) is 1. The third-order valence-corrected chi connectivity index (χ3v) is 3.45. The Balaban J connectivity index is 2.23. The van der Waals surface area contributed by atoms with Gasteiger partial charge in [0, 0.05) is 12.0 Å². The fourth-order valence-electron chi connectivity index (χ4n) is 1.94. The molecule has 0 aliphatic heterocycles. The summed E-state index contributed by atoms with van der Waals surface area (Å²) in [5.74, 6) is 0.758. The molecule has 1 saturated carbocycles. The highest BCUT2D eigenvalue weighted by Crippen LogP contribution is 2.48. The van der Waals surface area contributed by atoms with Crippen molar-refractivity contribution in [1.82, 2.24) is 0 Å². The smallest absolute Gasteiger partial charge is 0.138 e. The number of ether oxygens (including phenoxy) is 1. The summed E-state index contributed by atoms with van der Waals surface area (Å²) < 4.78 is 5.60. The molecular formula is C13H18ClNO. The quantitative estimate of drug-likeness (QED) is 0.876. The molecule has 0 unspecified atom stereocenters. The number of rotatable bonds is 4. The summed E-state index contributed by atoms with van der Waals surface area (Å²) in [7, 11) is 0. The summed E-state index contributed by atoms with van der Waals surface area (Å²) >= 11 is 6.20. The van der Waals surface area contributed by atoms with Crippen LogP contribution in [0.1, 0.15) is 32.3 Å². The summed E-state index contributed by atoms with van der Waals surface area (Å²) in [6, 6.07) is 6.04. The van der Waals surface area contributed by atoms with E-state index < -0.39 is 0 Å². The number of nitrogens with two attached hydrogens (primary N) is 1. The summed E-state index contributed by atoms with van der Waals surface area (Å²) in [6.45, 7) is 4.69. The predicted octanol–water partition coefficient (Wildman–Crippen LogP) is 3.12. The maximum Gasteiger partial charge on any atom is 0.138 e. The van der Waals surface area contributed by atoms with E-state index in [1.807, 2.05) is 26.0 Å². The Hall–Kier alpha value is -0.730. The normalized spacial score (nSPS) is 17.6.